The molecule has 0 saturated heterocycles. The second kappa shape index (κ2) is 12.3. The van der Waals surface area contributed by atoms with E-state index >= 15 is 0 Å². The highest BCUT2D eigenvalue weighted by Crippen LogP contribution is 2.31. The molecule has 0 aliphatic rings. The van der Waals surface area contributed by atoms with Gasteiger partial charge in [-0.2, -0.15) is 0 Å². The van der Waals surface area contributed by atoms with Crippen LogP contribution in [-0.2, 0) is 6.54 Å². The summed E-state index contributed by atoms with van der Waals surface area (Å²) in [6.45, 7) is 7.05. The van der Waals surface area contributed by atoms with Crippen LogP contribution >= 0.6 is 0 Å². The van der Waals surface area contributed by atoms with Gasteiger partial charge in [-0.15, -0.1) is 0 Å². The van der Waals surface area contributed by atoms with Crippen molar-refractivity contribution in [3.05, 3.63) is 23.8 Å². The summed E-state index contributed by atoms with van der Waals surface area (Å²) in [7, 11) is 1.70. The van der Waals surface area contributed by atoms with E-state index in [-0.39, 0.29) is 0 Å². The van der Waals surface area contributed by atoms with Gasteiger partial charge in [0.05, 0.1) is 13.7 Å². The summed E-state index contributed by atoms with van der Waals surface area (Å²) >= 11 is 0. The first-order valence-corrected chi connectivity index (χ1v) is 8.82. The first kappa shape index (κ1) is 18.8. The summed E-state index contributed by atoms with van der Waals surface area (Å²) in [6.07, 6.45) is 8.80. The standard InChI is InChI=1S/C19H33NO2/c1-4-6-7-8-9-10-15-22-19-17(16-20-14-5-2)12-11-13-18(19)21-3/h11-13,20H,4-10,14-16H2,1-3H3. The van der Waals surface area contributed by atoms with Crippen molar-refractivity contribution in [1.29, 1.82) is 0 Å². The molecule has 0 aromatic heterocycles. The fraction of sp³-hybridized carbons (Fsp3) is 0.684. The molecule has 0 aliphatic carbocycles. The number of methoxy groups -OCH3 is 1. The van der Waals surface area contributed by atoms with Crippen molar-refractivity contribution in [1.82, 2.24) is 5.32 Å². The third-order valence-electron chi connectivity index (χ3n) is 3.77. The minimum Gasteiger partial charge on any atom is -0.493 e. The number of hydrogen-bond donors (Lipinski definition) is 1. The van der Waals surface area contributed by atoms with Gasteiger partial charge in [-0.25, -0.2) is 0 Å². The topological polar surface area (TPSA) is 30.5 Å². The Labute approximate surface area is 136 Å². The van der Waals surface area contributed by atoms with E-state index in [9.17, 15) is 0 Å². The van der Waals surface area contributed by atoms with Gasteiger partial charge in [0, 0.05) is 12.1 Å². The minimum atomic E-state index is 0.771. The van der Waals surface area contributed by atoms with Gasteiger partial charge in [0.2, 0.25) is 0 Å². The van der Waals surface area contributed by atoms with E-state index in [0.29, 0.717) is 0 Å². The summed E-state index contributed by atoms with van der Waals surface area (Å²) in [6, 6.07) is 6.11. The molecule has 0 saturated carbocycles. The van der Waals surface area contributed by atoms with Crippen molar-refractivity contribution < 1.29 is 9.47 Å². The number of nitrogens with one attached hydrogen (secondary N) is 1. The summed E-state index contributed by atoms with van der Waals surface area (Å²) in [4.78, 5) is 0. The molecule has 0 radical (unpaired) electrons. The predicted octanol–water partition coefficient (Wildman–Crippen LogP) is 4.93. The molecular weight excluding hydrogens is 274 g/mol. The van der Waals surface area contributed by atoms with Crippen LogP contribution in [0.25, 0.3) is 0 Å². The van der Waals surface area contributed by atoms with Crippen molar-refractivity contribution in [2.45, 2.75) is 65.3 Å². The SMILES string of the molecule is CCCCCCCCOc1c(CNCCC)cccc1OC. The highest BCUT2D eigenvalue weighted by molar-refractivity contribution is 5.46. The molecule has 126 valence electrons. The third kappa shape index (κ3) is 7.17. The van der Waals surface area contributed by atoms with Crippen LogP contribution in [0, 0.1) is 0 Å². The first-order chi connectivity index (χ1) is 10.8. The molecule has 0 spiro atoms. The van der Waals surface area contributed by atoms with E-state index in [4.69, 9.17) is 9.47 Å². The van der Waals surface area contributed by atoms with E-state index in [1.54, 1.807) is 7.11 Å². The summed E-state index contributed by atoms with van der Waals surface area (Å²) < 4.78 is 11.5. The Kier molecular flexibility index (Phi) is 10.6. The normalized spacial score (nSPS) is 10.7. The molecule has 0 heterocycles. The van der Waals surface area contributed by atoms with Gasteiger partial charge in [0.25, 0.3) is 0 Å². The molecule has 22 heavy (non-hydrogen) atoms. The van der Waals surface area contributed by atoms with Gasteiger partial charge < -0.3 is 14.8 Å². The molecule has 1 aromatic carbocycles. The van der Waals surface area contributed by atoms with Crippen molar-refractivity contribution in [3.8, 4) is 11.5 Å². The molecule has 3 heteroatoms. The first-order valence-electron chi connectivity index (χ1n) is 8.82. The molecule has 1 N–H and O–H groups in total. The number of unbranched alkanes of at least 4 members (excludes halogenated alkanes) is 5. The summed E-state index contributed by atoms with van der Waals surface area (Å²) in [5.74, 6) is 1.74. The molecule has 0 atom stereocenters. The fourth-order valence-corrected chi connectivity index (χ4v) is 2.48. The maximum atomic E-state index is 6.03. The summed E-state index contributed by atoms with van der Waals surface area (Å²) in [5.41, 5.74) is 1.18. The Bertz CT molecular complexity index is 393. The van der Waals surface area contributed by atoms with Gasteiger partial charge in [-0.1, -0.05) is 58.1 Å². The van der Waals surface area contributed by atoms with Crippen LogP contribution in [0.4, 0.5) is 0 Å². The molecule has 1 rings (SSSR count). The molecule has 0 amide bonds. The monoisotopic (exact) mass is 307 g/mol. The second-order valence-electron chi connectivity index (χ2n) is 5.74. The van der Waals surface area contributed by atoms with E-state index in [1.165, 1.54) is 37.7 Å². The molecule has 0 unspecified atom stereocenters. The van der Waals surface area contributed by atoms with Crippen molar-refractivity contribution >= 4 is 0 Å². The van der Waals surface area contributed by atoms with Crippen LogP contribution in [0.5, 0.6) is 11.5 Å². The Morgan fingerprint density at radius 2 is 1.73 bits per heavy atom. The number of benzene rings is 1. The van der Waals surface area contributed by atoms with Gasteiger partial charge in [0.1, 0.15) is 0 Å². The highest BCUT2D eigenvalue weighted by Gasteiger charge is 2.10. The van der Waals surface area contributed by atoms with E-state index in [2.05, 4.69) is 25.2 Å². The maximum Gasteiger partial charge on any atom is 0.165 e. The summed E-state index contributed by atoms with van der Waals surface area (Å²) in [5, 5.41) is 3.43. The zero-order valence-corrected chi connectivity index (χ0v) is 14.6. The zero-order chi connectivity index (χ0) is 16.0. The van der Waals surface area contributed by atoms with Crippen LogP contribution in [0.15, 0.2) is 18.2 Å². The lowest BCUT2D eigenvalue weighted by Crippen LogP contribution is -2.15. The van der Waals surface area contributed by atoms with Crippen LogP contribution in [-0.4, -0.2) is 20.3 Å². The van der Waals surface area contributed by atoms with Gasteiger partial charge >= 0.3 is 0 Å². The molecule has 1 aromatic rings. The van der Waals surface area contributed by atoms with E-state index in [1.807, 2.05) is 12.1 Å². The Balaban J connectivity index is 2.44. The van der Waals surface area contributed by atoms with Crippen LogP contribution < -0.4 is 14.8 Å². The predicted molar refractivity (Wildman–Crippen MR) is 93.9 cm³/mol. The quantitative estimate of drug-likeness (QED) is 0.524. The Hall–Kier alpha value is -1.22. The second-order valence-corrected chi connectivity index (χ2v) is 5.74. The molecular formula is C19H33NO2. The van der Waals surface area contributed by atoms with E-state index in [0.717, 1.165) is 44.0 Å². The number of hydrogen-bond acceptors (Lipinski definition) is 3. The van der Waals surface area contributed by atoms with E-state index < -0.39 is 0 Å². The van der Waals surface area contributed by atoms with Crippen LogP contribution in [0.1, 0.15) is 64.4 Å². The molecule has 0 fully saturated rings. The Morgan fingerprint density at radius 1 is 0.955 bits per heavy atom. The average molecular weight is 307 g/mol. The number of ether oxygens (including phenoxy) is 2. The lowest BCUT2D eigenvalue weighted by molar-refractivity contribution is 0.281. The third-order valence-corrected chi connectivity index (χ3v) is 3.77. The van der Waals surface area contributed by atoms with Crippen LogP contribution in [0.3, 0.4) is 0 Å². The largest absolute Gasteiger partial charge is 0.493 e. The fourth-order valence-electron chi connectivity index (χ4n) is 2.48. The minimum absolute atomic E-state index is 0.771. The van der Waals surface area contributed by atoms with Crippen molar-refractivity contribution in [2.75, 3.05) is 20.3 Å². The molecule has 0 bridgehead atoms. The van der Waals surface area contributed by atoms with Crippen molar-refractivity contribution in [2.24, 2.45) is 0 Å². The highest BCUT2D eigenvalue weighted by atomic mass is 16.5. The number of para-hydroxylation sites is 1. The van der Waals surface area contributed by atoms with Crippen molar-refractivity contribution in [3.63, 3.8) is 0 Å². The molecule has 0 aliphatic heterocycles. The Morgan fingerprint density at radius 3 is 2.45 bits per heavy atom. The molecule has 3 nitrogen and oxygen atoms in total. The van der Waals surface area contributed by atoms with Gasteiger partial charge in [0.15, 0.2) is 11.5 Å². The number of rotatable bonds is 13. The zero-order valence-electron chi connectivity index (χ0n) is 14.6. The smallest absolute Gasteiger partial charge is 0.165 e. The lowest BCUT2D eigenvalue weighted by Gasteiger charge is -2.15. The van der Waals surface area contributed by atoms with Gasteiger partial charge in [-0.05, 0) is 25.5 Å². The average Bonchev–Trinajstić information content (AvgIpc) is 2.55. The van der Waals surface area contributed by atoms with Crippen LogP contribution in [0.2, 0.25) is 0 Å². The van der Waals surface area contributed by atoms with Gasteiger partial charge in [-0.3, -0.25) is 0 Å². The maximum absolute atomic E-state index is 6.03. The lowest BCUT2D eigenvalue weighted by atomic mass is 10.1.